The Morgan fingerprint density at radius 3 is 2.35 bits per heavy atom. The van der Waals surface area contributed by atoms with Gasteiger partial charge < -0.3 is 20.1 Å². The van der Waals surface area contributed by atoms with Gasteiger partial charge in [-0.3, -0.25) is 0 Å². The smallest absolute Gasteiger partial charge is 0.0717 e. The Kier molecular flexibility index (Phi) is 6.91. The number of aliphatic hydroxyl groups is 3. The summed E-state index contributed by atoms with van der Waals surface area (Å²) in [5.41, 5.74) is 0.255. The Hall–Kier alpha value is -0.940. The minimum atomic E-state index is -0.578. The van der Waals surface area contributed by atoms with Gasteiger partial charge in [0.1, 0.15) is 0 Å². The maximum absolute atomic E-state index is 10.7. The van der Waals surface area contributed by atoms with Crippen molar-refractivity contribution < 1.29 is 20.1 Å². The van der Waals surface area contributed by atoms with Crippen molar-refractivity contribution in [1.82, 2.24) is 0 Å². The van der Waals surface area contributed by atoms with Crippen LogP contribution in [-0.2, 0) is 11.3 Å². The van der Waals surface area contributed by atoms with E-state index in [1.165, 1.54) is 38.5 Å². The monoisotopic (exact) mass is 470 g/mol. The molecule has 0 unspecified atom stereocenters. The van der Waals surface area contributed by atoms with Gasteiger partial charge in [0, 0.05) is 5.41 Å². The lowest BCUT2D eigenvalue weighted by Crippen LogP contribution is -2.54. The number of hydrogen-bond acceptors (Lipinski definition) is 4. The zero-order valence-electron chi connectivity index (χ0n) is 21.3. The van der Waals surface area contributed by atoms with Crippen molar-refractivity contribution in [2.45, 2.75) is 83.8 Å². The van der Waals surface area contributed by atoms with Crippen LogP contribution in [-0.4, -0.2) is 40.7 Å². The lowest BCUT2D eigenvalue weighted by Gasteiger charge is -2.58. The molecule has 4 aliphatic rings. The predicted molar refractivity (Wildman–Crippen MR) is 134 cm³/mol. The van der Waals surface area contributed by atoms with Gasteiger partial charge in [0.2, 0.25) is 0 Å². The summed E-state index contributed by atoms with van der Waals surface area (Å²) >= 11 is 0. The summed E-state index contributed by atoms with van der Waals surface area (Å²) < 4.78 is 6.16. The molecule has 0 saturated heterocycles. The van der Waals surface area contributed by atoms with Crippen molar-refractivity contribution in [3.63, 3.8) is 0 Å². The molecule has 0 bridgehead atoms. The van der Waals surface area contributed by atoms with Gasteiger partial charge in [-0.05, 0) is 111 Å². The topological polar surface area (TPSA) is 69.9 Å². The van der Waals surface area contributed by atoms with Crippen LogP contribution in [0.1, 0.15) is 77.2 Å². The summed E-state index contributed by atoms with van der Waals surface area (Å²) in [6.45, 7) is 5.42. The Labute approximate surface area is 206 Å². The molecule has 0 aromatic heterocycles. The number of aliphatic hydroxyl groups excluding tert-OH is 2. The zero-order chi connectivity index (χ0) is 24.0. The van der Waals surface area contributed by atoms with E-state index in [0.717, 1.165) is 42.6 Å². The van der Waals surface area contributed by atoms with E-state index in [1.807, 2.05) is 25.1 Å². The molecule has 34 heavy (non-hydrogen) atoms. The first-order valence-electron chi connectivity index (χ1n) is 13.9. The molecule has 3 N–H and O–H groups in total. The summed E-state index contributed by atoms with van der Waals surface area (Å²) in [5.74, 6) is 4.05. The number of benzene rings is 1. The second-order valence-corrected chi connectivity index (χ2v) is 13.0. The predicted octanol–water partition coefficient (Wildman–Crippen LogP) is 5.19. The van der Waals surface area contributed by atoms with Crippen LogP contribution >= 0.6 is 0 Å². The summed E-state index contributed by atoms with van der Waals surface area (Å²) in [4.78, 5) is 0. The van der Waals surface area contributed by atoms with Crippen LogP contribution in [0.4, 0.5) is 0 Å². The highest BCUT2D eigenvalue weighted by molar-refractivity contribution is 5.14. The molecule has 0 aliphatic heterocycles. The van der Waals surface area contributed by atoms with E-state index in [1.54, 1.807) is 0 Å². The molecule has 0 heterocycles. The van der Waals surface area contributed by atoms with E-state index >= 15 is 0 Å². The average Bonchev–Trinajstić information content (AvgIpc) is 3.20. The Bertz CT molecular complexity index is 818. The van der Waals surface area contributed by atoms with Gasteiger partial charge in [0.25, 0.3) is 0 Å². The lowest BCUT2D eigenvalue weighted by atomic mass is 9.47. The second kappa shape index (κ2) is 9.50. The molecule has 8 atom stereocenters. The van der Waals surface area contributed by atoms with Crippen molar-refractivity contribution in [1.29, 1.82) is 0 Å². The first-order chi connectivity index (χ1) is 16.3. The number of ether oxygens (including phenoxy) is 1. The molecule has 5 rings (SSSR count). The quantitative estimate of drug-likeness (QED) is 0.513. The van der Waals surface area contributed by atoms with Gasteiger partial charge in [0.05, 0.1) is 32.0 Å². The van der Waals surface area contributed by atoms with Crippen molar-refractivity contribution in [3.05, 3.63) is 35.9 Å². The Balaban J connectivity index is 1.30. The summed E-state index contributed by atoms with van der Waals surface area (Å²) in [6, 6.07) is 10.2. The molecule has 4 heteroatoms. The molecular formula is C30H46O4. The number of fused-ring (bicyclic) bond motifs is 5. The average molecular weight is 471 g/mol. The summed E-state index contributed by atoms with van der Waals surface area (Å²) in [7, 11) is 0. The van der Waals surface area contributed by atoms with Crippen molar-refractivity contribution >= 4 is 0 Å². The van der Waals surface area contributed by atoms with Gasteiger partial charge >= 0.3 is 0 Å². The van der Waals surface area contributed by atoms with Gasteiger partial charge in [0.15, 0.2) is 0 Å². The van der Waals surface area contributed by atoms with E-state index in [-0.39, 0.29) is 18.6 Å². The highest BCUT2D eigenvalue weighted by atomic mass is 16.5. The van der Waals surface area contributed by atoms with E-state index in [4.69, 9.17) is 4.74 Å². The fourth-order valence-corrected chi connectivity index (χ4v) is 9.50. The maximum atomic E-state index is 10.7. The third kappa shape index (κ3) is 4.27. The first kappa shape index (κ1) is 24.7. The first-order valence-corrected chi connectivity index (χ1v) is 13.9. The van der Waals surface area contributed by atoms with Crippen LogP contribution in [0, 0.1) is 46.3 Å². The van der Waals surface area contributed by atoms with Gasteiger partial charge in [-0.2, -0.15) is 0 Å². The van der Waals surface area contributed by atoms with Crippen molar-refractivity contribution in [2.24, 2.45) is 46.3 Å². The Morgan fingerprint density at radius 2 is 1.62 bits per heavy atom. The fourth-order valence-electron chi connectivity index (χ4n) is 9.50. The second-order valence-electron chi connectivity index (χ2n) is 13.0. The lowest BCUT2D eigenvalue weighted by molar-refractivity contribution is -0.136. The molecule has 1 aromatic rings. The minimum absolute atomic E-state index is 0.0147. The zero-order valence-corrected chi connectivity index (χ0v) is 21.3. The normalized spacial score (nSPS) is 42.0. The van der Waals surface area contributed by atoms with Crippen LogP contribution in [0.25, 0.3) is 0 Å². The van der Waals surface area contributed by atoms with Gasteiger partial charge in [-0.25, -0.2) is 0 Å². The van der Waals surface area contributed by atoms with Crippen LogP contribution in [0.2, 0.25) is 0 Å². The molecular weight excluding hydrogens is 424 g/mol. The molecule has 1 aromatic carbocycles. The van der Waals surface area contributed by atoms with Crippen LogP contribution in [0.5, 0.6) is 0 Å². The SMILES string of the molecule is C[C@@]1(O)CC[C@H]2[C@H](CC[C@@H]3[C@@H]2CC[C@]2(C)[C@@H](C(CO)(CO)COCc4ccccc4)CC[C@@H]32)C1. The van der Waals surface area contributed by atoms with E-state index in [2.05, 4.69) is 19.1 Å². The van der Waals surface area contributed by atoms with Crippen molar-refractivity contribution in [2.75, 3.05) is 19.8 Å². The molecule has 4 fully saturated rings. The third-order valence-corrected chi connectivity index (χ3v) is 11.1. The molecule has 4 saturated carbocycles. The fraction of sp³-hybridized carbons (Fsp3) is 0.800. The number of rotatable bonds is 7. The van der Waals surface area contributed by atoms with Crippen molar-refractivity contribution in [3.8, 4) is 0 Å². The molecule has 4 nitrogen and oxygen atoms in total. The van der Waals surface area contributed by atoms with E-state index in [9.17, 15) is 15.3 Å². The molecule has 190 valence electrons. The minimum Gasteiger partial charge on any atom is -0.396 e. The highest BCUT2D eigenvalue weighted by Gasteiger charge is 2.61. The molecule has 0 radical (unpaired) electrons. The van der Waals surface area contributed by atoms with Crippen LogP contribution < -0.4 is 0 Å². The maximum Gasteiger partial charge on any atom is 0.0717 e. The Morgan fingerprint density at radius 1 is 0.882 bits per heavy atom. The number of hydrogen-bond donors (Lipinski definition) is 3. The van der Waals surface area contributed by atoms with E-state index in [0.29, 0.717) is 31.0 Å². The third-order valence-electron chi connectivity index (χ3n) is 11.1. The highest BCUT2D eigenvalue weighted by Crippen LogP contribution is 2.67. The van der Waals surface area contributed by atoms with E-state index < -0.39 is 11.0 Å². The molecule has 0 spiro atoms. The standard InChI is InChI=1S/C30H46O4/c1-28(33)14-12-23-22(16-28)8-9-25-24(23)13-15-29(2)26(25)10-11-27(29)30(18-31,19-32)20-34-17-21-6-4-3-5-7-21/h3-7,22-27,31-33H,8-20H2,1-2H3/t22-,23+,24-,25-,26+,27+,28-,29+/m1/s1. The largest absolute Gasteiger partial charge is 0.396 e. The molecule has 4 aliphatic carbocycles. The van der Waals surface area contributed by atoms with Gasteiger partial charge in [-0.1, -0.05) is 37.3 Å². The van der Waals surface area contributed by atoms with Gasteiger partial charge in [-0.15, -0.1) is 0 Å². The molecule has 0 amide bonds. The summed E-state index contributed by atoms with van der Waals surface area (Å²) in [6.07, 6.45) is 10.5. The van der Waals surface area contributed by atoms with Crippen LogP contribution in [0.15, 0.2) is 30.3 Å². The summed E-state index contributed by atoms with van der Waals surface area (Å²) in [5, 5.41) is 31.9. The van der Waals surface area contributed by atoms with Crippen LogP contribution in [0.3, 0.4) is 0 Å².